The minimum atomic E-state index is -0.589. The lowest BCUT2D eigenvalue weighted by molar-refractivity contribution is -0.280. The third-order valence-electron chi connectivity index (χ3n) is 3.60. The second-order valence-corrected chi connectivity index (χ2v) is 7.23. The van der Waals surface area contributed by atoms with E-state index in [1.807, 2.05) is 0 Å². The summed E-state index contributed by atoms with van der Waals surface area (Å²) in [6, 6.07) is 0. The molecule has 6 nitrogen and oxygen atoms in total. The molecule has 0 aromatic carbocycles. The van der Waals surface area contributed by atoms with Crippen LogP contribution in [0, 0.1) is 0 Å². The molecule has 1 atom stereocenters. The van der Waals surface area contributed by atoms with Crippen molar-refractivity contribution in [3.63, 3.8) is 0 Å². The first-order valence-corrected chi connectivity index (χ1v) is 9.12. The first-order chi connectivity index (χ1) is 11.3. The molecule has 1 aliphatic rings. The second kappa shape index (κ2) is 10.7. The van der Waals surface area contributed by atoms with Gasteiger partial charge in [0, 0.05) is 19.4 Å². The Balaban J connectivity index is 2.56. The van der Waals surface area contributed by atoms with Crippen LogP contribution in [-0.4, -0.2) is 42.0 Å². The number of nitrogens with zero attached hydrogens (tertiary/aromatic N) is 1. The lowest BCUT2D eigenvalue weighted by Gasteiger charge is -2.29. The van der Waals surface area contributed by atoms with Gasteiger partial charge < -0.3 is 9.47 Å². The fraction of sp³-hybridized carbons (Fsp3) is 0.889. The van der Waals surface area contributed by atoms with Gasteiger partial charge in [0.1, 0.15) is 12.1 Å². The van der Waals surface area contributed by atoms with Crippen molar-refractivity contribution in [2.75, 3.05) is 13.2 Å². The molecule has 0 N–H and O–H groups in total. The van der Waals surface area contributed by atoms with Gasteiger partial charge in [0.2, 0.25) is 5.91 Å². The third kappa shape index (κ3) is 9.23. The van der Waals surface area contributed by atoms with E-state index in [2.05, 4.69) is 6.92 Å². The normalized spacial score (nSPS) is 18.2. The SMILES string of the molecule is CCCCCCC(=O)N(CC(=O)OC(C)(C)C)OC1CCCCO1. The van der Waals surface area contributed by atoms with Crippen LogP contribution in [0.4, 0.5) is 0 Å². The van der Waals surface area contributed by atoms with Gasteiger partial charge in [-0.2, -0.15) is 0 Å². The molecule has 1 saturated heterocycles. The standard InChI is InChI=1S/C18H33NO5/c1-5-6-7-8-11-15(20)19(14-16(21)23-18(2,3)4)24-17-12-9-10-13-22-17/h17H,5-14H2,1-4H3. The Morgan fingerprint density at radius 1 is 1.17 bits per heavy atom. The molecule has 0 radical (unpaired) electrons. The molecule has 0 spiro atoms. The molecular formula is C18H33NO5. The van der Waals surface area contributed by atoms with Gasteiger partial charge >= 0.3 is 5.97 Å². The van der Waals surface area contributed by atoms with Crippen molar-refractivity contribution in [3.8, 4) is 0 Å². The molecule has 1 fully saturated rings. The summed E-state index contributed by atoms with van der Waals surface area (Å²) < 4.78 is 10.8. The molecule has 1 heterocycles. The molecule has 1 unspecified atom stereocenters. The number of hydroxylamine groups is 2. The first-order valence-electron chi connectivity index (χ1n) is 9.12. The Kier molecular flexibility index (Phi) is 9.29. The van der Waals surface area contributed by atoms with E-state index in [4.69, 9.17) is 14.3 Å². The molecule has 1 rings (SSSR count). The Labute approximate surface area is 145 Å². The number of rotatable bonds is 9. The lowest BCUT2D eigenvalue weighted by Crippen LogP contribution is -2.42. The number of amides is 1. The highest BCUT2D eigenvalue weighted by Crippen LogP contribution is 2.17. The summed E-state index contributed by atoms with van der Waals surface area (Å²) in [7, 11) is 0. The van der Waals surface area contributed by atoms with Crippen molar-refractivity contribution in [2.24, 2.45) is 0 Å². The topological polar surface area (TPSA) is 65.1 Å². The average Bonchev–Trinajstić information content (AvgIpc) is 2.50. The van der Waals surface area contributed by atoms with Crippen LogP contribution in [-0.2, 0) is 23.9 Å². The monoisotopic (exact) mass is 343 g/mol. The zero-order valence-electron chi connectivity index (χ0n) is 15.6. The van der Waals surface area contributed by atoms with E-state index in [1.54, 1.807) is 20.8 Å². The molecular weight excluding hydrogens is 310 g/mol. The fourth-order valence-corrected chi connectivity index (χ4v) is 2.44. The van der Waals surface area contributed by atoms with Crippen LogP contribution in [0.5, 0.6) is 0 Å². The van der Waals surface area contributed by atoms with Crippen LogP contribution in [0.2, 0.25) is 0 Å². The second-order valence-electron chi connectivity index (χ2n) is 7.23. The van der Waals surface area contributed by atoms with E-state index in [0.29, 0.717) is 13.0 Å². The number of unbranched alkanes of at least 4 members (excludes halogenated alkanes) is 3. The third-order valence-corrected chi connectivity index (χ3v) is 3.60. The summed E-state index contributed by atoms with van der Waals surface area (Å²) in [6.07, 6.45) is 6.65. The smallest absolute Gasteiger partial charge is 0.328 e. The highest BCUT2D eigenvalue weighted by Gasteiger charge is 2.26. The van der Waals surface area contributed by atoms with E-state index in [-0.39, 0.29) is 12.5 Å². The summed E-state index contributed by atoms with van der Waals surface area (Å²) in [5.74, 6) is -0.661. The van der Waals surface area contributed by atoms with Crippen LogP contribution in [0.1, 0.15) is 79.1 Å². The molecule has 1 amide bonds. The lowest BCUT2D eigenvalue weighted by atomic mass is 10.1. The molecule has 0 aromatic rings. The zero-order chi connectivity index (χ0) is 18.0. The number of ether oxygens (including phenoxy) is 2. The molecule has 1 aliphatic heterocycles. The van der Waals surface area contributed by atoms with Gasteiger partial charge in [0.05, 0.1) is 0 Å². The van der Waals surface area contributed by atoms with Crippen molar-refractivity contribution < 1.29 is 23.9 Å². The molecule has 24 heavy (non-hydrogen) atoms. The molecule has 0 aliphatic carbocycles. The Morgan fingerprint density at radius 2 is 1.92 bits per heavy atom. The quantitative estimate of drug-likeness (QED) is 0.364. The Morgan fingerprint density at radius 3 is 2.50 bits per heavy atom. The van der Waals surface area contributed by atoms with Gasteiger partial charge in [0.25, 0.3) is 0 Å². The van der Waals surface area contributed by atoms with Gasteiger partial charge in [-0.05, 0) is 40.0 Å². The first kappa shape index (κ1) is 20.9. The van der Waals surface area contributed by atoms with Gasteiger partial charge in [-0.1, -0.05) is 26.2 Å². The van der Waals surface area contributed by atoms with E-state index < -0.39 is 17.9 Å². The summed E-state index contributed by atoms with van der Waals surface area (Å²) in [5, 5.41) is 1.13. The highest BCUT2D eigenvalue weighted by molar-refractivity contribution is 5.81. The maximum atomic E-state index is 12.4. The number of esters is 1. The van der Waals surface area contributed by atoms with E-state index in [0.717, 1.165) is 50.0 Å². The average molecular weight is 343 g/mol. The Bertz CT molecular complexity index is 385. The Hall–Kier alpha value is -1.14. The number of hydrogen-bond acceptors (Lipinski definition) is 5. The maximum absolute atomic E-state index is 12.4. The number of hydrogen-bond donors (Lipinski definition) is 0. The predicted molar refractivity (Wildman–Crippen MR) is 91.0 cm³/mol. The summed E-state index contributed by atoms with van der Waals surface area (Å²) in [6.45, 7) is 7.94. The molecule has 140 valence electrons. The predicted octanol–water partition coefficient (Wildman–Crippen LogP) is 3.59. The number of carbonyl (C=O) groups excluding carboxylic acids is 2. The summed E-state index contributed by atoms with van der Waals surface area (Å²) in [4.78, 5) is 30.1. The van der Waals surface area contributed by atoms with Crippen molar-refractivity contribution in [1.29, 1.82) is 0 Å². The zero-order valence-corrected chi connectivity index (χ0v) is 15.6. The summed E-state index contributed by atoms with van der Waals surface area (Å²) in [5.41, 5.74) is -0.589. The maximum Gasteiger partial charge on any atom is 0.328 e. The van der Waals surface area contributed by atoms with E-state index in [9.17, 15) is 9.59 Å². The molecule has 0 saturated carbocycles. The number of carbonyl (C=O) groups is 2. The van der Waals surface area contributed by atoms with Gasteiger partial charge in [-0.3, -0.25) is 9.59 Å². The van der Waals surface area contributed by atoms with Crippen LogP contribution in [0.25, 0.3) is 0 Å². The largest absolute Gasteiger partial charge is 0.459 e. The van der Waals surface area contributed by atoms with Crippen LogP contribution >= 0.6 is 0 Å². The molecule has 6 heteroatoms. The van der Waals surface area contributed by atoms with Crippen LogP contribution < -0.4 is 0 Å². The van der Waals surface area contributed by atoms with Crippen molar-refractivity contribution in [3.05, 3.63) is 0 Å². The fourth-order valence-electron chi connectivity index (χ4n) is 2.44. The van der Waals surface area contributed by atoms with E-state index in [1.165, 1.54) is 0 Å². The van der Waals surface area contributed by atoms with Crippen LogP contribution in [0.3, 0.4) is 0 Å². The summed E-state index contributed by atoms with van der Waals surface area (Å²) >= 11 is 0. The van der Waals surface area contributed by atoms with E-state index >= 15 is 0 Å². The van der Waals surface area contributed by atoms with Crippen molar-refractivity contribution in [2.45, 2.75) is 91.0 Å². The highest BCUT2D eigenvalue weighted by atomic mass is 16.8. The molecule has 0 aromatic heterocycles. The van der Waals surface area contributed by atoms with Gasteiger partial charge in [0.15, 0.2) is 6.29 Å². The molecule has 0 bridgehead atoms. The van der Waals surface area contributed by atoms with Crippen molar-refractivity contribution >= 4 is 11.9 Å². The van der Waals surface area contributed by atoms with Crippen LogP contribution in [0.15, 0.2) is 0 Å². The minimum Gasteiger partial charge on any atom is -0.459 e. The van der Waals surface area contributed by atoms with Gasteiger partial charge in [-0.25, -0.2) is 9.90 Å². The van der Waals surface area contributed by atoms with Crippen molar-refractivity contribution in [1.82, 2.24) is 5.06 Å². The minimum absolute atomic E-state index is 0.189. The van der Waals surface area contributed by atoms with Gasteiger partial charge in [-0.15, -0.1) is 0 Å².